The second-order valence-electron chi connectivity index (χ2n) is 4.27. The molecular formula is C12H22N2O2. The van der Waals surface area contributed by atoms with Crippen LogP contribution in [0.5, 0.6) is 0 Å². The Morgan fingerprint density at radius 1 is 1.44 bits per heavy atom. The predicted molar refractivity (Wildman–Crippen MR) is 64.3 cm³/mol. The molecule has 0 aromatic carbocycles. The maximum absolute atomic E-state index is 11.6. The lowest BCUT2D eigenvalue weighted by Gasteiger charge is -2.15. The summed E-state index contributed by atoms with van der Waals surface area (Å²) in [6.45, 7) is 9.89. The van der Waals surface area contributed by atoms with Gasteiger partial charge >= 0.3 is 0 Å². The van der Waals surface area contributed by atoms with Crippen LogP contribution in [0.3, 0.4) is 0 Å². The van der Waals surface area contributed by atoms with Crippen molar-refractivity contribution in [3.05, 3.63) is 12.2 Å². The molecule has 1 aliphatic rings. The van der Waals surface area contributed by atoms with Crippen LogP contribution in [0, 0.1) is 0 Å². The Bertz CT molecular complexity index is 235. The minimum atomic E-state index is 0.206. The second kappa shape index (κ2) is 7.41. The average molecular weight is 226 g/mol. The number of carbonyl (C=O) groups is 1. The number of hydrogen-bond donors (Lipinski definition) is 1. The van der Waals surface area contributed by atoms with E-state index in [4.69, 9.17) is 4.74 Å². The molecule has 0 unspecified atom stereocenters. The van der Waals surface area contributed by atoms with Crippen LogP contribution in [0.15, 0.2) is 12.2 Å². The van der Waals surface area contributed by atoms with E-state index in [1.54, 1.807) is 0 Å². The molecule has 1 rings (SSSR count). The number of rotatable bonds is 7. The van der Waals surface area contributed by atoms with Gasteiger partial charge in [-0.25, -0.2) is 0 Å². The number of carbonyl (C=O) groups excluding carboxylic acids is 1. The van der Waals surface area contributed by atoms with Crippen molar-refractivity contribution in [1.82, 2.24) is 10.2 Å². The van der Waals surface area contributed by atoms with E-state index >= 15 is 0 Å². The molecule has 0 spiro atoms. The molecule has 16 heavy (non-hydrogen) atoms. The molecule has 1 N–H and O–H groups in total. The Balaban J connectivity index is 1.94. The van der Waals surface area contributed by atoms with E-state index in [-0.39, 0.29) is 5.91 Å². The summed E-state index contributed by atoms with van der Waals surface area (Å²) in [5.74, 6) is 0.206. The summed E-state index contributed by atoms with van der Waals surface area (Å²) in [6.07, 6.45) is 2.29. The molecule has 4 nitrogen and oxygen atoms in total. The number of ether oxygens (including phenoxy) is 1. The first-order valence-electron chi connectivity index (χ1n) is 5.91. The van der Waals surface area contributed by atoms with Crippen LogP contribution in [-0.2, 0) is 9.53 Å². The summed E-state index contributed by atoms with van der Waals surface area (Å²) in [7, 11) is 0. The van der Waals surface area contributed by atoms with E-state index in [2.05, 4.69) is 11.9 Å². The van der Waals surface area contributed by atoms with E-state index < -0.39 is 0 Å². The second-order valence-corrected chi connectivity index (χ2v) is 4.27. The number of nitrogens with one attached hydrogen (secondary N) is 1. The quantitative estimate of drug-likeness (QED) is 0.515. The smallest absolute Gasteiger partial charge is 0.236 e. The molecule has 0 radical (unpaired) electrons. The van der Waals surface area contributed by atoms with Gasteiger partial charge in [-0.3, -0.25) is 4.79 Å². The minimum absolute atomic E-state index is 0.206. The van der Waals surface area contributed by atoms with Gasteiger partial charge in [-0.15, -0.1) is 0 Å². The first-order chi connectivity index (χ1) is 7.70. The SMILES string of the molecule is C=C(C)COCCNCC(=O)N1CCCC1. The molecule has 0 aromatic rings. The maximum Gasteiger partial charge on any atom is 0.236 e. The molecule has 1 saturated heterocycles. The fraction of sp³-hybridized carbons (Fsp3) is 0.750. The topological polar surface area (TPSA) is 41.6 Å². The molecule has 1 fully saturated rings. The number of amides is 1. The van der Waals surface area contributed by atoms with Gasteiger partial charge in [-0.2, -0.15) is 0 Å². The van der Waals surface area contributed by atoms with E-state index in [9.17, 15) is 4.79 Å². The fourth-order valence-corrected chi connectivity index (χ4v) is 1.66. The van der Waals surface area contributed by atoms with Crippen molar-refractivity contribution in [2.24, 2.45) is 0 Å². The Morgan fingerprint density at radius 3 is 2.75 bits per heavy atom. The van der Waals surface area contributed by atoms with Gasteiger partial charge in [-0.05, 0) is 19.8 Å². The molecule has 1 amide bonds. The zero-order valence-corrected chi connectivity index (χ0v) is 10.1. The highest BCUT2D eigenvalue weighted by atomic mass is 16.5. The highest BCUT2D eigenvalue weighted by Gasteiger charge is 2.16. The average Bonchev–Trinajstić information content (AvgIpc) is 2.75. The van der Waals surface area contributed by atoms with Crippen LogP contribution in [-0.4, -0.2) is 50.2 Å². The van der Waals surface area contributed by atoms with Crippen LogP contribution < -0.4 is 5.32 Å². The van der Waals surface area contributed by atoms with Gasteiger partial charge in [0.15, 0.2) is 0 Å². The monoisotopic (exact) mass is 226 g/mol. The molecular weight excluding hydrogens is 204 g/mol. The van der Waals surface area contributed by atoms with Crippen LogP contribution in [0.2, 0.25) is 0 Å². The third kappa shape index (κ3) is 5.28. The molecule has 0 bridgehead atoms. The molecule has 4 heteroatoms. The van der Waals surface area contributed by atoms with Gasteiger partial charge in [-0.1, -0.05) is 12.2 Å². The molecule has 0 aliphatic carbocycles. The molecule has 0 atom stereocenters. The highest BCUT2D eigenvalue weighted by molar-refractivity contribution is 5.78. The van der Waals surface area contributed by atoms with E-state index in [0.717, 1.165) is 31.5 Å². The summed E-state index contributed by atoms with van der Waals surface area (Å²) in [4.78, 5) is 13.5. The molecule has 0 saturated carbocycles. The highest BCUT2D eigenvalue weighted by Crippen LogP contribution is 2.06. The van der Waals surface area contributed by atoms with Crippen LogP contribution >= 0.6 is 0 Å². The molecule has 1 heterocycles. The maximum atomic E-state index is 11.6. The summed E-state index contributed by atoms with van der Waals surface area (Å²) in [6, 6.07) is 0. The Hall–Kier alpha value is -0.870. The molecule has 92 valence electrons. The third-order valence-corrected chi connectivity index (χ3v) is 2.51. The lowest BCUT2D eigenvalue weighted by molar-refractivity contribution is -0.129. The summed E-state index contributed by atoms with van der Waals surface area (Å²) in [5.41, 5.74) is 1.02. The Kier molecular flexibility index (Phi) is 6.11. The van der Waals surface area contributed by atoms with Gasteiger partial charge in [0.2, 0.25) is 5.91 Å². The van der Waals surface area contributed by atoms with E-state index in [0.29, 0.717) is 26.3 Å². The van der Waals surface area contributed by atoms with Crippen molar-refractivity contribution >= 4 is 5.91 Å². The standard InChI is InChI=1S/C12H22N2O2/c1-11(2)10-16-8-5-13-9-12(15)14-6-3-4-7-14/h13H,1,3-10H2,2H3. The number of nitrogens with zero attached hydrogens (tertiary/aromatic N) is 1. The van der Waals surface area contributed by atoms with Crippen molar-refractivity contribution in [3.8, 4) is 0 Å². The normalized spacial score (nSPS) is 15.4. The lowest BCUT2D eigenvalue weighted by atomic mass is 10.4. The first-order valence-corrected chi connectivity index (χ1v) is 5.91. The van der Waals surface area contributed by atoms with Crippen molar-refractivity contribution < 1.29 is 9.53 Å². The summed E-state index contributed by atoms with van der Waals surface area (Å²) >= 11 is 0. The zero-order valence-electron chi connectivity index (χ0n) is 10.1. The molecule has 1 aliphatic heterocycles. The molecule has 0 aromatic heterocycles. The third-order valence-electron chi connectivity index (χ3n) is 2.51. The van der Waals surface area contributed by atoms with Crippen molar-refractivity contribution in [2.75, 3.05) is 39.4 Å². The van der Waals surface area contributed by atoms with E-state index in [1.165, 1.54) is 0 Å². The van der Waals surface area contributed by atoms with Crippen molar-refractivity contribution in [2.45, 2.75) is 19.8 Å². The van der Waals surface area contributed by atoms with Gasteiger partial charge < -0.3 is 15.0 Å². The largest absolute Gasteiger partial charge is 0.376 e. The minimum Gasteiger partial charge on any atom is -0.376 e. The van der Waals surface area contributed by atoms with Crippen LogP contribution in [0.25, 0.3) is 0 Å². The summed E-state index contributed by atoms with van der Waals surface area (Å²) < 4.78 is 5.32. The van der Waals surface area contributed by atoms with Crippen molar-refractivity contribution in [1.29, 1.82) is 0 Å². The lowest BCUT2D eigenvalue weighted by Crippen LogP contribution is -2.37. The number of likely N-dealkylation sites (tertiary alicyclic amines) is 1. The van der Waals surface area contributed by atoms with E-state index in [1.807, 2.05) is 11.8 Å². The predicted octanol–water partition coefficient (Wildman–Crippen LogP) is 0.791. The first kappa shape index (κ1) is 13.2. The fourth-order valence-electron chi connectivity index (χ4n) is 1.66. The van der Waals surface area contributed by atoms with Crippen LogP contribution in [0.1, 0.15) is 19.8 Å². The number of hydrogen-bond acceptors (Lipinski definition) is 3. The Labute approximate surface area is 97.6 Å². The van der Waals surface area contributed by atoms with Crippen molar-refractivity contribution in [3.63, 3.8) is 0 Å². The van der Waals surface area contributed by atoms with Gasteiger partial charge in [0.1, 0.15) is 0 Å². The Morgan fingerprint density at radius 2 is 2.12 bits per heavy atom. The summed E-state index contributed by atoms with van der Waals surface area (Å²) in [5, 5.41) is 3.09. The van der Waals surface area contributed by atoms with Crippen LogP contribution in [0.4, 0.5) is 0 Å². The zero-order chi connectivity index (χ0) is 11.8. The van der Waals surface area contributed by atoms with Gasteiger partial charge in [0.25, 0.3) is 0 Å². The van der Waals surface area contributed by atoms with Gasteiger partial charge in [0, 0.05) is 19.6 Å². The van der Waals surface area contributed by atoms with Gasteiger partial charge in [0.05, 0.1) is 19.8 Å².